The van der Waals surface area contributed by atoms with Gasteiger partial charge in [-0.3, -0.25) is 9.89 Å². The van der Waals surface area contributed by atoms with E-state index in [0.29, 0.717) is 12.3 Å². The van der Waals surface area contributed by atoms with Crippen molar-refractivity contribution in [3.63, 3.8) is 0 Å². The highest BCUT2D eigenvalue weighted by molar-refractivity contribution is 5.91. The Morgan fingerprint density at radius 1 is 1.28 bits per heavy atom. The van der Waals surface area contributed by atoms with E-state index in [2.05, 4.69) is 41.4 Å². The third-order valence-corrected chi connectivity index (χ3v) is 4.88. The number of furan rings is 1. The van der Waals surface area contributed by atoms with E-state index in [1.165, 1.54) is 5.56 Å². The third-order valence-electron chi connectivity index (χ3n) is 4.88. The molecule has 1 saturated heterocycles. The summed E-state index contributed by atoms with van der Waals surface area (Å²) in [6, 6.07) is 11.9. The molecular formula is C20H21N3O2. The van der Waals surface area contributed by atoms with E-state index in [1.807, 2.05) is 11.1 Å². The molecule has 3 heterocycles. The van der Waals surface area contributed by atoms with Gasteiger partial charge < -0.3 is 9.32 Å². The number of amides is 1. The molecule has 0 spiro atoms. The lowest BCUT2D eigenvalue weighted by atomic mass is 9.90. The fourth-order valence-corrected chi connectivity index (χ4v) is 3.52. The maximum absolute atomic E-state index is 12.6. The van der Waals surface area contributed by atoms with E-state index < -0.39 is 0 Å². The average molecular weight is 335 g/mol. The lowest BCUT2D eigenvalue weighted by Gasteiger charge is -2.32. The van der Waals surface area contributed by atoms with Crippen molar-refractivity contribution in [2.45, 2.75) is 25.7 Å². The summed E-state index contributed by atoms with van der Waals surface area (Å²) < 4.78 is 5.27. The molecule has 0 saturated carbocycles. The largest absolute Gasteiger partial charge is 0.459 e. The molecule has 25 heavy (non-hydrogen) atoms. The minimum Gasteiger partial charge on any atom is -0.459 e. The van der Waals surface area contributed by atoms with Crippen LogP contribution in [0.4, 0.5) is 0 Å². The number of aromatic nitrogens is 2. The van der Waals surface area contributed by atoms with Crippen molar-refractivity contribution in [2.75, 3.05) is 13.1 Å². The smallest absolute Gasteiger partial charge is 0.289 e. The van der Waals surface area contributed by atoms with Gasteiger partial charge in [0.2, 0.25) is 0 Å². The predicted molar refractivity (Wildman–Crippen MR) is 95.3 cm³/mol. The Hall–Kier alpha value is -2.82. The summed E-state index contributed by atoms with van der Waals surface area (Å²) >= 11 is 0. The number of aryl methyl sites for hydroxylation is 1. The molecule has 0 bridgehead atoms. The minimum absolute atomic E-state index is 0.0360. The highest BCUT2D eigenvalue weighted by Gasteiger charge is 2.29. The molecule has 5 nitrogen and oxygen atoms in total. The summed E-state index contributed by atoms with van der Waals surface area (Å²) in [4.78, 5) is 14.5. The number of likely N-dealkylation sites (tertiary alicyclic amines) is 1. The number of nitrogens with one attached hydrogen (secondary N) is 1. The number of nitrogens with zero attached hydrogens (tertiary/aromatic N) is 2. The number of H-pyrrole nitrogens is 1. The van der Waals surface area contributed by atoms with E-state index in [1.54, 1.807) is 18.4 Å². The van der Waals surface area contributed by atoms with Gasteiger partial charge in [-0.25, -0.2) is 0 Å². The van der Waals surface area contributed by atoms with E-state index in [4.69, 9.17) is 4.42 Å². The molecule has 128 valence electrons. The molecule has 1 N–H and O–H groups in total. The van der Waals surface area contributed by atoms with Crippen LogP contribution in [0.25, 0.3) is 11.1 Å². The Morgan fingerprint density at radius 3 is 2.88 bits per heavy atom. The summed E-state index contributed by atoms with van der Waals surface area (Å²) in [6.07, 6.45) is 5.44. The van der Waals surface area contributed by atoms with Gasteiger partial charge in [-0.15, -0.1) is 0 Å². The Bertz CT molecular complexity index is 849. The van der Waals surface area contributed by atoms with Gasteiger partial charge in [-0.05, 0) is 37.5 Å². The monoisotopic (exact) mass is 335 g/mol. The Balaban J connectivity index is 1.57. The van der Waals surface area contributed by atoms with Gasteiger partial charge in [-0.2, -0.15) is 5.10 Å². The predicted octanol–water partition coefficient (Wildman–Crippen LogP) is 4.00. The van der Waals surface area contributed by atoms with Crippen molar-refractivity contribution in [1.82, 2.24) is 15.1 Å². The molecule has 0 unspecified atom stereocenters. The number of hydrogen-bond donors (Lipinski definition) is 1. The van der Waals surface area contributed by atoms with Crippen molar-refractivity contribution >= 4 is 5.91 Å². The van der Waals surface area contributed by atoms with Crippen molar-refractivity contribution < 1.29 is 9.21 Å². The second-order valence-corrected chi connectivity index (χ2v) is 6.63. The maximum Gasteiger partial charge on any atom is 0.289 e. The zero-order valence-corrected chi connectivity index (χ0v) is 14.2. The first-order valence-electron chi connectivity index (χ1n) is 8.65. The van der Waals surface area contributed by atoms with Gasteiger partial charge >= 0.3 is 0 Å². The first kappa shape index (κ1) is 15.7. The molecule has 1 atom stereocenters. The lowest BCUT2D eigenvalue weighted by molar-refractivity contribution is 0.0674. The van der Waals surface area contributed by atoms with Crippen LogP contribution in [0.3, 0.4) is 0 Å². The van der Waals surface area contributed by atoms with Crippen molar-refractivity contribution in [1.29, 1.82) is 0 Å². The SMILES string of the molecule is Cc1ccc(-c2cn[nH]c2[C@H]2CCCN(C(=O)c3ccco3)C2)cc1. The number of hydrogen-bond acceptors (Lipinski definition) is 3. The minimum atomic E-state index is -0.0360. The zero-order chi connectivity index (χ0) is 17.2. The van der Waals surface area contributed by atoms with Crippen LogP contribution in [0, 0.1) is 6.92 Å². The molecular weight excluding hydrogens is 314 g/mol. The second-order valence-electron chi connectivity index (χ2n) is 6.63. The van der Waals surface area contributed by atoms with E-state index in [-0.39, 0.29) is 11.8 Å². The summed E-state index contributed by atoms with van der Waals surface area (Å²) in [5.41, 5.74) is 4.63. The Morgan fingerprint density at radius 2 is 2.12 bits per heavy atom. The van der Waals surface area contributed by atoms with Gasteiger partial charge in [0.05, 0.1) is 12.5 Å². The number of aromatic amines is 1. The summed E-state index contributed by atoms with van der Waals surface area (Å²) in [5, 5.41) is 7.44. The van der Waals surface area contributed by atoms with E-state index >= 15 is 0 Å². The molecule has 2 aromatic heterocycles. The quantitative estimate of drug-likeness (QED) is 0.787. The van der Waals surface area contributed by atoms with Gasteiger partial charge in [0.15, 0.2) is 5.76 Å². The van der Waals surface area contributed by atoms with Crippen LogP contribution in [0.1, 0.15) is 40.6 Å². The number of benzene rings is 1. The number of piperidine rings is 1. The van der Waals surface area contributed by atoms with Crippen LogP contribution < -0.4 is 0 Å². The van der Waals surface area contributed by atoms with Crippen molar-refractivity contribution in [2.24, 2.45) is 0 Å². The molecule has 3 aromatic rings. The van der Waals surface area contributed by atoms with Gasteiger partial charge in [-0.1, -0.05) is 29.8 Å². The highest BCUT2D eigenvalue weighted by Crippen LogP contribution is 2.33. The molecule has 5 heteroatoms. The van der Waals surface area contributed by atoms with E-state index in [0.717, 1.165) is 36.2 Å². The van der Waals surface area contributed by atoms with E-state index in [9.17, 15) is 4.79 Å². The number of carbonyl (C=O) groups is 1. The Labute approximate surface area is 146 Å². The fraction of sp³-hybridized carbons (Fsp3) is 0.300. The van der Waals surface area contributed by atoms with Gasteiger partial charge in [0, 0.05) is 30.3 Å². The zero-order valence-electron chi connectivity index (χ0n) is 14.2. The maximum atomic E-state index is 12.6. The Kier molecular flexibility index (Phi) is 4.14. The van der Waals surface area contributed by atoms with Crippen LogP contribution in [-0.4, -0.2) is 34.1 Å². The topological polar surface area (TPSA) is 62.1 Å². The first-order valence-corrected chi connectivity index (χ1v) is 8.65. The molecule has 1 aromatic carbocycles. The highest BCUT2D eigenvalue weighted by atomic mass is 16.3. The summed E-state index contributed by atoms with van der Waals surface area (Å²) in [5.74, 6) is 0.626. The first-order chi connectivity index (χ1) is 12.2. The standard InChI is InChI=1S/C20H21N3O2/c1-14-6-8-15(9-7-14)17-12-21-22-19(17)16-4-2-10-23(13-16)20(24)18-5-3-11-25-18/h3,5-9,11-12,16H,2,4,10,13H2,1H3,(H,21,22)/t16-/m0/s1. The molecule has 4 rings (SSSR count). The summed E-state index contributed by atoms with van der Waals surface area (Å²) in [7, 11) is 0. The summed E-state index contributed by atoms with van der Waals surface area (Å²) in [6.45, 7) is 3.53. The van der Waals surface area contributed by atoms with Gasteiger partial charge in [0.25, 0.3) is 5.91 Å². The number of carbonyl (C=O) groups excluding carboxylic acids is 1. The fourth-order valence-electron chi connectivity index (χ4n) is 3.52. The normalized spacial score (nSPS) is 17.6. The van der Waals surface area contributed by atoms with Crippen LogP contribution in [0.5, 0.6) is 0 Å². The van der Waals surface area contributed by atoms with Crippen molar-refractivity contribution in [3.8, 4) is 11.1 Å². The molecule has 1 amide bonds. The molecule has 0 aliphatic carbocycles. The van der Waals surface area contributed by atoms with Gasteiger partial charge in [0.1, 0.15) is 0 Å². The van der Waals surface area contributed by atoms with Crippen LogP contribution in [-0.2, 0) is 0 Å². The third kappa shape index (κ3) is 3.09. The lowest BCUT2D eigenvalue weighted by Crippen LogP contribution is -2.39. The molecule has 0 radical (unpaired) electrons. The average Bonchev–Trinajstić information content (AvgIpc) is 3.34. The second kappa shape index (κ2) is 6.59. The van der Waals surface area contributed by atoms with Crippen LogP contribution >= 0.6 is 0 Å². The molecule has 1 aliphatic heterocycles. The van der Waals surface area contributed by atoms with Crippen LogP contribution in [0.2, 0.25) is 0 Å². The number of rotatable bonds is 3. The molecule has 1 aliphatic rings. The molecule has 1 fully saturated rings. The van der Waals surface area contributed by atoms with Crippen molar-refractivity contribution in [3.05, 3.63) is 65.9 Å². The van der Waals surface area contributed by atoms with Crippen LogP contribution in [0.15, 0.2) is 53.3 Å².